The number of carbonyl (C=O) groups excluding carboxylic acids is 3. The molecule has 150 valence electrons. The lowest BCUT2D eigenvalue weighted by Crippen LogP contribution is -2.43. The molecule has 0 saturated heterocycles. The van der Waals surface area contributed by atoms with Crippen LogP contribution in [0.1, 0.15) is 43.1 Å². The predicted molar refractivity (Wildman–Crippen MR) is 109 cm³/mol. The minimum atomic E-state index is -0.790. The number of esters is 1. The van der Waals surface area contributed by atoms with E-state index >= 15 is 0 Å². The average Bonchev–Trinajstić information content (AvgIpc) is 2.61. The molecular formula is C20H30N2O4S. The molecule has 1 atom stereocenters. The number of hydrogen-bond donors (Lipinski definition) is 1. The molecular weight excluding hydrogens is 364 g/mol. The summed E-state index contributed by atoms with van der Waals surface area (Å²) >= 11 is 1.57. The fourth-order valence-corrected chi connectivity index (χ4v) is 2.68. The van der Waals surface area contributed by atoms with Crippen molar-refractivity contribution in [2.45, 2.75) is 38.6 Å². The molecule has 2 amide bonds. The van der Waals surface area contributed by atoms with Crippen LogP contribution in [0, 0.1) is 0 Å². The van der Waals surface area contributed by atoms with E-state index in [1.54, 1.807) is 38.0 Å². The average molecular weight is 395 g/mol. The third-order valence-electron chi connectivity index (χ3n) is 4.05. The third kappa shape index (κ3) is 7.62. The van der Waals surface area contributed by atoms with E-state index in [0.29, 0.717) is 17.7 Å². The largest absolute Gasteiger partial charge is 0.454 e. The lowest BCUT2D eigenvalue weighted by molar-refractivity contribution is -0.152. The lowest BCUT2D eigenvalue weighted by atomic mass is 9.86. The Morgan fingerprint density at radius 3 is 2.22 bits per heavy atom. The zero-order valence-corrected chi connectivity index (χ0v) is 17.8. The van der Waals surface area contributed by atoms with Crippen molar-refractivity contribution in [3.63, 3.8) is 0 Å². The molecule has 0 aliphatic heterocycles. The number of hydrogen-bond acceptors (Lipinski definition) is 5. The molecule has 0 radical (unpaired) electrons. The van der Waals surface area contributed by atoms with Gasteiger partial charge in [-0.2, -0.15) is 11.8 Å². The highest BCUT2D eigenvalue weighted by Crippen LogP contribution is 2.22. The first-order valence-corrected chi connectivity index (χ1v) is 10.2. The van der Waals surface area contributed by atoms with E-state index in [-0.39, 0.29) is 23.8 Å². The molecule has 27 heavy (non-hydrogen) atoms. The monoisotopic (exact) mass is 394 g/mol. The zero-order chi connectivity index (χ0) is 20.6. The van der Waals surface area contributed by atoms with Gasteiger partial charge in [0.15, 0.2) is 6.61 Å². The van der Waals surface area contributed by atoms with Crippen molar-refractivity contribution in [1.29, 1.82) is 0 Å². The van der Waals surface area contributed by atoms with Crippen LogP contribution in [0.25, 0.3) is 0 Å². The first kappa shape index (κ1) is 23.0. The normalized spacial score (nSPS) is 12.2. The van der Waals surface area contributed by atoms with Gasteiger partial charge in [0.2, 0.25) is 0 Å². The first-order valence-electron chi connectivity index (χ1n) is 8.83. The van der Waals surface area contributed by atoms with Gasteiger partial charge < -0.3 is 15.0 Å². The summed E-state index contributed by atoms with van der Waals surface area (Å²) in [7, 11) is 3.18. The summed E-state index contributed by atoms with van der Waals surface area (Å²) in [6, 6.07) is 6.55. The van der Waals surface area contributed by atoms with Crippen LogP contribution in [0.15, 0.2) is 24.3 Å². The number of benzene rings is 1. The number of ether oxygens (including phenoxy) is 1. The number of carbonyl (C=O) groups is 3. The van der Waals surface area contributed by atoms with Crippen molar-refractivity contribution >= 4 is 29.5 Å². The quantitative estimate of drug-likeness (QED) is 0.686. The SMILES string of the molecule is CSCC[C@@H](NC(=O)c1ccc(C(C)(C)C)cc1)C(=O)OCC(=O)N(C)C. The molecule has 0 bridgehead atoms. The van der Waals surface area contributed by atoms with Crippen LogP contribution in [0.5, 0.6) is 0 Å². The van der Waals surface area contributed by atoms with Gasteiger partial charge in [0, 0.05) is 19.7 Å². The molecule has 1 rings (SSSR count). The predicted octanol–water partition coefficient (Wildman–Crippen LogP) is 2.47. The second kappa shape index (κ2) is 10.3. The van der Waals surface area contributed by atoms with E-state index in [1.165, 1.54) is 4.90 Å². The maximum Gasteiger partial charge on any atom is 0.329 e. The smallest absolute Gasteiger partial charge is 0.329 e. The summed E-state index contributed by atoms with van der Waals surface area (Å²) < 4.78 is 5.07. The van der Waals surface area contributed by atoms with E-state index in [1.807, 2.05) is 18.4 Å². The minimum absolute atomic E-state index is 0.00132. The van der Waals surface area contributed by atoms with E-state index in [0.717, 1.165) is 5.56 Å². The number of amides is 2. The summed E-state index contributed by atoms with van der Waals surface area (Å²) in [5, 5.41) is 2.73. The second-order valence-electron chi connectivity index (χ2n) is 7.53. The number of thioether (sulfide) groups is 1. The maximum atomic E-state index is 12.5. The minimum Gasteiger partial charge on any atom is -0.454 e. The Labute approximate surface area is 166 Å². The third-order valence-corrected chi connectivity index (χ3v) is 4.69. The van der Waals surface area contributed by atoms with Crippen molar-refractivity contribution in [2.75, 3.05) is 32.7 Å². The fraction of sp³-hybridized carbons (Fsp3) is 0.550. The van der Waals surface area contributed by atoms with Crippen LogP contribution in [-0.2, 0) is 19.7 Å². The number of rotatable bonds is 8. The van der Waals surface area contributed by atoms with Crippen LogP contribution < -0.4 is 5.32 Å². The van der Waals surface area contributed by atoms with Gasteiger partial charge in [-0.05, 0) is 41.5 Å². The van der Waals surface area contributed by atoms with Crippen molar-refractivity contribution in [3.05, 3.63) is 35.4 Å². The number of nitrogens with zero attached hydrogens (tertiary/aromatic N) is 1. The topological polar surface area (TPSA) is 75.7 Å². The highest BCUT2D eigenvalue weighted by molar-refractivity contribution is 7.98. The first-order chi connectivity index (χ1) is 12.6. The van der Waals surface area contributed by atoms with Crippen molar-refractivity contribution in [2.24, 2.45) is 0 Å². The van der Waals surface area contributed by atoms with Gasteiger partial charge >= 0.3 is 5.97 Å². The Bertz CT molecular complexity index is 651. The Balaban J connectivity index is 2.78. The molecule has 0 aromatic heterocycles. The standard InChI is InChI=1S/C20H30N2O4S/c1-20(2,3)15-9-7-14(8-10-15)18(24)21-16(11-12-27-6)19(25)26-13-17(23)22(4)5/h7-10,16H,11-13H2,1-6H3,(H,21,24)/t16-/m1/s1. The van der Waals surface area contributed by atoms with Crippen molar-refractivity contribution < 1.29 is 19.1 Å². The number of nitrogens with one attached hydrogen (secondary N) is 1. The molecule has 6 nitrogen and oxygen atoms in total. The fourth-order valence-electron chi connectivity index (χ4n) is 2.21. The van der Waals surface area contributed by atoms with E-state index in [2.05, 4.69) is 26.1 Å². The van der Waals surface area contributed by atoms with Crippen LogP contribution in [0.2, 0.25) is 0 Å². The van der Waals surface area contributed by atoms with E-state index in [4.69, 9.17) is 4.74 Å². The number of likely N-dealkylation sites (N-methyl/N-ethyl adjacent to an activating group) is 1. The molecule has 0 spiro atoms. The van der Waals surface area contributed by atoms with Crippen molar-refractivity contribution in [1.82, 2.24) is 10.2 Å². The molecule has 0 fully saturated rings. The van der Waals surface area contributed by atoms with E-state index < -0.39 is 12.0 Å². The Morgan fingerprint density at radius 2 is 1.74 bits per heavy atom. The zero-order valence-electron chi connectivity index (χ0n) is 17.0. The Hall–Kier alpha value is -2.02. The van der Waals surface area contributed by atoms with Crippen LogP contribution >= 0.6 is 11.8 Å². The molecule has 7 heteroatoms. The highest BCUT2D eigenvalue weighted by atomic mass is 32.2. The molecule has 0 aliphatic carbocycles. The molecule has 1 aromatic carbocycles. The summed E-state index contributed by atoms with van der Waals surface area (Å²) in [6.45, 7) is 5.97. The molecule has 0 saturated carbocycles. The van der Waals surface area contributed by atoms with Gasteiger partial charge in [0.1, 0.15) is 6.04 Å². The summed E-state index contributed by atoms with van der Waals surface area (Å²) in [4.78, 5) is 37.8. The summed E-state index contributed by atoms with van der Waals surface area (Å²) in [6.07, 6.45) is 2.35. The Morgan fingerprint density at radius 1 is 1.15 bits per heavy atom. The summed E-state index contributed by atoms with van der Waals surface area (Å²) in [5.74, 6) is -0.558. The van der Waals surface area contributed by atoms with Gasteiger partial charge in [-0.15, -0.1) is 0 Å². The molecule has 0 aliphatic rings. The van der Waals surface area contributed by atoms with Crippen LogP contribution in [0.3, 0.4) is 0 Å². The van der Waals surface area contributed by atoms with Crippen molar-refractivity contribution in [3.8, 4) is 0 Å². The summed E-state index contributed by atoms with van der Waals surface area (Å²) in [5.41, 5.74) is 1.60. The lowest BCUT2D eigenvalue weighted by Gasteiger charge is -2.20. The maximum absolute atomic E-state index is 12.5. The van der Waals surface area contributed by atoms with Gasteiger partial charge in [-0.1, -0.05) is 32.9 Å². The van der Waals surface area contributed by atoms with Gasteiger partial charge in [0.25, 0.3) is 11.8 Å². The van der Waals surface area contributed by atoms with Crippen LogP contribution in [0.4, 0.5) is 0 Å². The second-order valence-corrected chi connectivity index (χ2v) is 8.52. The molecule has 1 aromatic rings. The molecule has 0 heterocycles. The Kier molecular flexibility index (Phi) is 8.82. The molecule has 1 N–H and O–H groups in total. The van der Waals surface area contributed by atoms with E-state index in [9.17, 15) is 14.4 Å². The van der Waals surface area contributed by atoms with Gasteiger partial charge in [-0.3, -0.25) is 9.59 Å². The molecule has 0 unspecified atom stereocenters. The van der Waals surface area contributed by atoms with Gasteiger partial charge in [-0.25, -0.2) is 4.79 Å². The van der Waals surface area contributed by atoms with Crippen LogP contribution in [-0.4, -0.2) is 61.4 Å². The highest BCUT2D eigenvalue weighted by Gasteiger charge is 2.24. The van der Waals surface area contributed by atoms with Gasteiger partial charge in [0.05, 0.1) is 0 Å².